The molecule has 0 bridgehead atoms. The lowest BCUT2D eigenvalue weighted by Gasteiger charge is -2.10. The van der Waals surface area contributed by atoms with E-state index >= 15 is 0 Å². The molecule has 0 aliphatic carbocycles. The molecule has 164 valence electrons. The maximum absolute atomic E-state index is 13.0. The zero-order chi connectivity index (χ0) is 22.3. The lowest BCUT2D eigenvalue weighted by Crippen LogP contribution is -2.32. The molecule has 4 rings (SSSR count). The molecule has 2 heterocycles. The largest absolute Gasteiger partial charge is 0.492 e. The van der Waals surface area contributed by atoms with Crippen molar-refractivity contribution in [3.05, 3.63) is 71.7 Å². The first-order valence-electron chi connectivity index (χ1n) is 10.6. The first-order chi connectivity index (χ1) is 15.6. The Balaban J connectivity index is 1.48. The molecule has 0 spiro atoms. The van der Waals surface area contributed by atoms with Gasteiger partial charge in [-0.3, -0.25) is 4.79 Å². The number of hydrogen-bond donors (Lipinski definition) is 1. The van der Waals surface area contributed by atoms with Crippen LogP contribution in [-0.2, 0) is 16.1 Å². The lowest BCUT2D eigenvalue weighted by atomic mass is 10.1. The predicted molar refractivity (Wildman–Crippen MR) is 119 cm³/mol. The van der Waals surface area contributed by atoms with Crippen LogP contribution >= 0.6 is 0 Å². The van der Waals surface area contributed by atoms with Gasteiger partial charge in [0.25, 0.3) is 5.91 Å². The second-order valence-electron chi connectivity index (χ2n) is 7.61. The number of hydrogen-bond acceptors (Lipinski definition) is 4. The van der Waals surface area contributed by atoms with E-state index in [4.69, 9.17) is 9.47 Å². The maximum atomic E-state index is 13.0. The first-order valence-corrected chi connectivity index (χ1v) is 10.6. The van der Waals surface area contributed by atoms with Gasteiger partial charge in [-0.25, -0.2) is 4.39 Å². The molecular formula is C25H24FN3O3. The molecule has 1 amide bonds. The average Bonchev–Trinajstić information content (AvgIpc) is 3.45. The van der Waals surface area contributed by atoms with E-state index in [2.05, 4.69) is 5.32 Å². The van der Waals surface area contributed by atoms with Gasteiger partial charge in [0, 0.05) is 35.8 Å². The number of benzene rings is 2. The van der Waals surface area contributed by atoms with Crippen molar-refractivity contribution in [3.8, 4) is 11.8 Å². The summed E-state index contributed by atoms with van der Waals surface area (Å²) in [5.74, 6) is -0.115. The molecule has 1 fully saturated rings. The van der Waals surface area contributed by atoms with Gasteiger partial charge in [-0.05, 0) is 49.2 Å². The summed E-state index contributed by atoms with van der Waals surface area (Å²) < 4.78 is 26.3. The summed E-state index contributed by atoms with van der Waals surface area (Å²) in [5.41, 5.74) is 1.80. The number of para-hydroxylation sites is 1. The van der Waals surface area contributed by atoms with E-state index in [9.17, 15) is 14.4 Å². The number of nitrogens with zero attached hydrogens (tertiary/aromatic N) is 2. The molecule has 1 aliphatic heterocycles. The summed E-state index contributed by atoms with van der Waals surface area (Å²) in [6, 6.07) is 15.7. The molecule has 1 aliphatic rings. The summed E-state index contributed by atoms with van der Waals surface area (Å²) >= 11 is 0. The van der Waals surface area contributed by atoms with Gasteiger partial charge in [0.15, 0.2) is 0 Å². The van der Waals surface area contributed by atoms with Gasteiger partial charge in [0.1, 0.15) is 29.8 Å². The first kappa shape index (κ1) is 21.6. The summed E-state index contributed by atoms with van der Waals surface area (Å²) in [6.07, 6.45) is 5.45. The van der Waals surface area contributed by atoms with Crippen molar-refractivity contribution in [1.82, 2.24) is 9.88 Å². The van der Waals surface area contributed by atoms with Gasteiger partial charge in [0.05, 0.1) is 12.6 Å². The third-order valence-corrected chi connectivity index (χ3v) is 5.41. The highest BCUT2D eigenvalue weighted by atomic mass is 19.1. The zero-order valence-electron chi connectivity index (χ0n) is 17.6. The number of amides is 1. The summed E-state index contributed by atoms with van der Waals surface area (Å²) in [5, 5.41) is 13.3. The minimum absolute atomic E-state index is 0.0157. The van der Waals surface area contributed by atoms with Gasteiger partial charge >= 0.3 is 0 Å². The van der Waals surface area contributed by atoms with Crippen LogP contribution in [0.25, 0.3) is 17.0 Å². The molecule has 1 N–H and O–H groups in total. The molecule has 2 aromatic carbocycles. The van der Waals surface area contributed by atoms with Gasteiger partial charge in [0.2, 0.25) is 0 Å². The number of ether oxygens (including phenoxy) is 2. The van der Waals surface area contributed by atoms with Gasteiger partial charge in [-0.1, -0.05) is 18.2 Å². The maximum Gasteiger partial charge on any atom is 0.262 e. The number of aromatic nitrogens is 1. The predicted octanol–water partition coefficient (Wildman–Crippen LogP) is 4.06. The molecular weight excluding hydrogens is 409 g/mol. The summed E-state index contributed by atoms with van der Waals surface area (Å²) in [6.45, 7) is 2.06. The average molecular weight is 433 g/mol. The SMILES string of the molecule is N#C/C(=C\c1cn(CCOc2ccc(F)cc2)c2ccccc12)C(=O)NC[C@H]1CCCO1. The minimum atomic E-state index is -0.403. The highest BCUT2D eigenvalue weighted by molar-refractivity contribution is 6.04. The Morgan fingerprint density at radius 1 is 1.28 bits per heavy atom. The standard InChI is InChI=1S/C25H24FN3O3/c26-20-7-9-21(10-8-20)32-13-11-29-17-19(23-5-1-2-6-24(23)29)14-18(15-27)25(30)28-16-22-4-3-12-31-22/h1-2,5-10,14,17,22H,3-4,11-13,16H2,(H,28,30)/b18-14+/t22-/m1/s1. The number of carbonyl (C=O) groups is 1. The van der Waals surface area contributed by atoms with Gasteiger partial charge in [-0.2, -0.15) is 5.26 Å². The Morgan fingerprint density at radius 3 is 2.84 bits per heavy atom. The van der Waals surface area contributed by atoms with Crippen LogP contribution in [0.3, 0.4) is 0 Å². The molecule has 3 aromatic rings. The second-order valence-corrected chi connectivity index (χ2v) is 7.61. The Morgan fingerprint density at radius 2 is 2.09 bits per heavy atom. The number of rotatable bonds is 8. The Labute approximate surface area is 185 Å². The zero-order valence-corrected chi connectivity index (χ0v) is 17.6. The number of nitriles is 1. The summed E-state index contributed by atoms with van der Waals surface area (Å²) in [4.78, 5) is 12.5. The molecule has 0 saturated carbocycles. The summed E-state index contributed by atoms with van der Waals surface area (Å²) in [7, 11) is 0. The van der Waals surface area contributed by atoms with Gasteiger partial charge in [-0.15, -0.1) is 0 Å². The third-order valence-electron chi connectivity index (χ3n) is 5.41. The minimum Gasteiger partial charge on any atom is -0.492 e. The van der Waals surface area contributed by atoms with E-state index in [1.807, 2.05) is 41.1 Å². The van der Waals surface area contributed by atoms with Crippen molar-refractivity contribution in [2.45, 2.75) is 25.5 Å². The number of fused-ring (bicyclic) bond motifs is 1. The molecule has 1 saturated heterocycles. The molecule has 32 heavy (non-hydrogen) atoms. The fourth-order valence-corrected chi connectivity index (χ4v) is 3.78. The fourth-order valence-electron chi connectivity index (χ4n) is 3.78. The van der Waals surface area contributed by atoms with Crippen LogP contribution in [0.2, 0.25) is 0 Å². The Kier molecular flexibility index (Phi) is 6.83. The van der Waals surface area contributed by atoms with E-state index in [-0.39, 0.29) is 17.5 Å². The fraction of sp³-hybridized carbons (Fsp3) is 0.280. The highest BCUT2D eigenvalue weighted by Crippen LogP contribution is 2.24. The van der Waals surface area contributed by atoms with E-state index in [0.29, 0.717) is 32.1 Å². The second kappa shape index (κ2) is 10.1. The smallest absolute Gasteiger partial charge is 0.262 e. The van der Waals surface area contributed by atoms with Crippen molar-refractivity contribution < 1.29 is 18.7 Å². The molecule has 1 aromatic heterocycles. The van der Waals surface area contributed by atoms with Crippen LogP contribution in [0.1, 0.15) is 18.4 Å². The van der Waals surface area contributed by atoms with Crippen LogP contribution in [0.15, 0.2) is 60.3 Å². The topological polar surface area (TPSA) is 76.3 Å². The molecule has 0 radical (unpaired) electrons. The van der Waals surface area contributed by atoms with Crippen molar-refractivity contribution in [2.75, 3.05) is 19.8 Å². The van der Waals surface area contributed by atoms with E-state index in [0.717, 1.165) is 29.3 Å². The van der Waals surface area contributed by atoms with E-state index in [1.54, 1.807) is 18.2 Å². The van der Waals surface area contributed by atoms with Crippen LogP contribution < -0.4 is 10.1 Å². The number of carbonyl (C=O) groups excluding carboxylic acids is 1. The lowest BCUT2D eigenvalue weighted by molar-refractivity contribution is -0.117. The van der Waals surface area contributed by atoms with Crippen LogP contribution in [0.4, 0.5) is 4.39 Å². The molecule has 1 atom stereocenters. The molecule has 7 heteroatoms. The number of halogens is 1. The number of nitrogens with one attached hydrogen (secondary N) is 1. The van der Waals surface area contributed by atoms with Gasteiger partial charge < -0.3 is 19.4 Å². The third kappa shape index (κ3) is 5.16. The highest BCUT2D eigenvalue weighted by Gasteiger charge is 2.18. The monoisotopic (exact) mass is 433 g/mol. The van der Waals surface area contributed by atoms with E-state index in [1.165, 1.54) is 12.1 Å². The Hall–Kier alpha value is -3.63. The van der Waals surface area contributed by atoms with Crippen LogP contribution in [0.5, 0.6) is 5.75 Å². The van der Waals surface area contributed by atoms with Crippen molar-refractivity contribution in [3.63, 3.8) is 0 Å². The quantitative estimate of drug-likeness (QED) is 0.429. The van der Waals surface area contributed by atoms with Crippen molar-refractivity contribution in [1.29, 1.82) is 5.26 Å². The van der Waals surface area contributed by atoms with E-state index < -0.39 is 5.91 Å². The Bertz CT molecular complexity index is 1160. The normalized spacial score (nSPS) is 16.1. The molecule has 6 nitrogen and oxygen atoms in total. The van der Waals surface area contributed by atoms with Crippen molar-refractivity contribution in [2.24, 2.45) is 0 Å². The van der Waals surface area contributed by atoms with Crippen LogP contribution in [-0.4, -0.2) is 36.3 Å². The van der Waals surface area contributed by atoms with Crippen LogP contribution in [0, 0.1) is 17.1 Å². The van der Waals surface area contributed by atoms with Crippen molar-refractivity contribution >= 4 is 22.9 Å². The molecule has 0 unspecified atom stereocenters.